The topological polar surface area (TPSA) is 68.4 Å². The predicted molar refractivity (Wildman–Crippen MR) is 107 cm³/mol. The predicted octanol–water partition coefficient (Wildman–Crippen LogP) is 0.938. The first-order valence-electron chi connectivity index (χ1n) is 8.90. The van der Waals surface area contributed by atoms with Crippen LogP contribution >= 0.6 is 11.8 Å². The Morgan fingerprint density at radius 1 is 1.27 bits per heavy atom. The van der Waals surface area contributed by atoms with Crippen LogP contribution in [0.15, 0.2) is 34.2 Å². The molecule has 1 amide bonds. The molecule has 6 nitrogen and oxygen atoms in total. The Kier molecular flexibility index (Phi) is 6.83. The molecule has 0 atom stereocenters. The molecule has 0 fully saturated rings. The van der Waals surface area contributed by atoms with E-state index in [1.165, 1.54) is 16.7 Å². The van der Waals surface area contributed by atoms with E-state index in [-0.39, 0.29) is 22.8 Å². The van der Waals surface area contributed by atoms with Crippen molar-refractivity contribution in [1.29, 1.82) is 0 Å². The second kappa shape index (κ2) is 8.68. The number of carbonyl (C=O) groups is 1. The van der Waals surface area contributed by atoms with E-state index >= 15 is 0 Å². The van der Waals surface area contributed by atoms with Crippen molar-refractivity contribution >= 4 is 28.6 Å². The summed E-state index contributed by atoms with van der Waals surface area (Å²) in [5, 5.41) is 4.16. The van der Waals surface area contributed by atoms with Crippen molar-refractivity contribution in [2.24, 2.45) is 0 Å². The summed E-state index contributed by atoms with van der Waals surface area (Å²) < 4.78 is 1.71. The summed E-state index contributed by atoms with van der Waals surface area (Å²) in [5.74, 6) is 0.176. The summed E-state index contributed by atoms with van der Waals surface area (Å²) in [6.07, 6.45) is 0.879. The van der Waals surface area contributed by atoms with E-state index in [0.717, 1.165) is 13.0 Å². The average molecular weight is 378 g/mol. The number of para-hydroxylation sites is 1. The zero-order chi connectivity index (χ0) is 19.3. The maximum absolute atomic E-state index is 12.9. The van der Waals surface area contributed by atoms with Crippen molar-refractivity contribution in [1.82, 2.24) is 14.9 Å². The molecule has 1 heterocycles. The number of quaternary nitrogens is 1. The Balaban J connectivity index is 2.27. The van der Waals surface area contributed by atoms with Crippen LogP contribution in [-0.2, 0) is 11.3 Å². The van der Waals surface area contributed by atoms with Crippen LogP contribution < -0.4 is 15.8 Å². The summed E-state index contributed by atoms with van der Waals surface area (Å²) in [4.78, 5) is 31.0. The molecule has 0 unspecified atom stereocenters. The van der Waals surface area contributed by atoms with Gasteiger partial charge < -0.3 is 10.2 Å². The van der Waals surface area contributed by atoms with Crippen molar-refractivity contribution < 1.29 is 9.69 Å². The van der Waals surface area contributed by atoms with E-state index in [0.29, 0.717) is 22.6 Å². The molecule has 7 heteroatoms. The van der Waals surface area contributed by atoms with Gasteiger partial charge in [0.15, 0.2) is 5.16 Å². The van der Waals surface area contributed by atoms with Crippen molar-refractivity contribution in [3.63, 3.8) is 0 Å². The Morgan fingerprint density at radius 3 is 2.62 bits per heavy atom. The maximum Gasteiger partial charge on any atom is 0.262 e. The third-order valence-corrected chi connectivity index (χ3v) is 4.71. The minimum absolute atomic E-state index is 0.0388. The number of hydrogen-bond donors (Lipinski definition) is 2. The van der Waals surface area contributed by atoms with Crippen molar-refractivity contribution in [3.8, 4) is 0 Å². The van der Waals surface area contributed by atoms with Gasteiger partial charge in [0.05, 0.1) is 37.3 Å². The molecule has 2 N–H and O–H groups in total. The van der Waals surface area contributed by atoms with Gasteiger partial charge in [-0.2, -0.15) is 0 Å². The van der Waals surface area contributed by atoms with Crippen molar-refractivity contribution in [3.05, 3.63) is 34.6 Å². The Labute approximate surface area is 159 Å². The number of amides is 1. The van der Waals surface area contributed by atoms with Gasteiger partial charge in [0.2, 0.25) is 5.91 Å². The molecule has 2 aromatic rings. The number of benzene rings is 1. The van der Waals surface area contributed by atoms with Crippen LogP contribution in [0.2, 0.25) is 0 Å². The fourth-order valence-corrected chi connectivity index (χ4v) is 3.46. The van der Waals surface area contributed by atoms with Crippen LogP contribution in [0.4, 0.5) is 0 Å². The fourth-order valence-electron chi connectivity index (χ4n) is 2.63. The lowest BCUT2D eigenvalue weighted by molar-refractivity contribution is -0.858. The number of fused-ring (bicyclic) bond motifs is 1. The van der Waals surface area contributed by atoms with Gasteiger partial charge in [0.1, 0.15) is 0 Å². The Hall–Kier alpha value is -1.86. The summed E-state index contributed by atoms with van der Waals surface area (Å²) >= 11 is 1.32. The monoisotopic (exact) mass is 377 g/mol. The first-order chi connectivity index (χ1) is 12.2. The van der Waals surface area contributed by atoms with Gasteiger partial charge in [-0.15, -0.1) is 0 Å². The molecule has 0 spiro atoms. The third-order valence-electron chi connectivity index (χ3n) is 3.73. The van der Waals surface area contributed by atoms with E-state index in [1.807, 2.05) is 39.0 Å². The van der Waals surface area contributed by atoms with Crippen molar-refractivity contribution in [2.45, 2.75) is 44.4 Å². The molecule has 0 aliphatic carbocycles. The van der Waals surface area contributed by atoms with Crippen LogP contribution in [0.5, 0.6) is 0 Å². The maximum atomic E-state index is 12.9. The van der Waals surface area contributed by atoms with Gasteiger partial charge in [-0.05, 0) is 32.9 Å². The zero-order valence-electron chi connectivity index (χ0n) is 16.3. The van der Waals surface area contributed by atoms with Crippen LogP contribution in [0, 0.1) is 0 Å². The van der Waals surface area contributed by atoms with E-state index in [2.05, 4.69) is 24.4 Å². The van der Waals surface area contributed by atoms with Crippen molar-refractivity contribution in [2.75, 3.05) is 26.4 Å². The van der Waals surface area contributed by atoms with E-state index < -0.39 is 0 Å². The number of hydrogen-bond acceptors (Lipinski definition) is 4. The van der Waals surface area contributed by atoms with Gasteiger partial charge in [-0.3, -0.25) is 14.2 Å². The molecular formula is C19H29N4O2S+. The largest absolute Gasteiger partial charge is 0.351 e. The molecule has 0 aliphatic rings. The van der Waals surface area contributed by atoms with Gasteiger partial charge >= 0.3 is 0 Å². The highest BCUT2D eigenvalue weighted by molar-refractivity contribution is 7.99. The summed E-state index contributed by atoms with van der Waals surface area (Å²) in [6.45, 7) is 7.41. The second-order valence-corrected chi connectivity index (χ2v) is 8.71. The molecular weight excluding hydrogens is 348 g/mol. The minimum atomic E-state index is -0.275. The molecule has 1 aromatic carbocycles. The SMILES string of the molecule is C[NH+](C)CCCn1c(SCC(=O)NC(C)(C)C)nc2ccccc2c1=O. The van der Waals surface area contributed by atoms with Gasteiger partial charge in [-0.1, -0.05) is 23.9 Å². The molecule has 2 rings (SSSR count). The highest BCUT2D eigenvalue weighted by atomic mass is 32.2. The van der Waals surface area contributed by atoms with Gasteiger partial charge in [-0.25, -0.2) is 4.98 Å². The second-order valence-electron chi connectivity index (χ2n) is 7.77. The van der Waals surface area contributed by atoms with Gasteiger partial charge in [0, 0.05) is 18.5 Å². The standard InChI is InChI=1S/C19H28N4O2S/c1-19(2,3)21-16(24)13-26-18-20-15-10-7-6-9-14(15)17(25)23(18)12-8-11-22(4)5/h6-7,9-10H,8,11-13H2,1-5H3,(H,21,24)/p+1. The lowest BCUT2D eigenvalue weighted by Crippen LogP contribution is -3.05. The first kappa shape index (κ1) is 20.5. The number of thioether (sulfide) groups is 1. The molecule has 142 valence electrons. The minimum Gasteiger partial charge on any atom is -0.351 e. The third kappa shape index (κ3) is 5.85. The summed E-state index contributed by atoms with van der Waals surface area (Å²) in [7, 11) is 4.18. The first-order valence-corrected chi connectivity index (χ1v) is 9.88. The van der Waals surface area contributed by atoms with Crippen LogP contribution in [-0.4, -0.2) is 47.4 Å². The zero-order valence-corrected chi connectivity index (χ0v) is 17.1. The average Bonchev–Trinajstić information content (AvgIpc) is 2.53. The number of nitrogens with one attached hydrogen (secondary N) is 2. The van der Waals surface area contributed by atoms with Crippen LogP contribution in [0.3, 0.4) is 0 Å². The molecule has 1 aromatic heterocycles. The molecule has 26 heavy (non-hydrogen) atoms. The summed E-state index contributed by atoms with van der Waals surface area (Å²) in [6, 6.07) is 7.36. The Morgan fingerprint density at radius 2 is 1.96 bits per heavy atom. The van der Waals surface area contributed by atoms with Crippen LogP contribution in [0.1, 0.15) is 27.2 Å². The van der Waals surface area contributed by atoms with E-state index in [9.17, 15) is 9.59 Å². The van der Waals surface area contributed by atoms with E-state index in [4.69, 9.17) is 0 Å². The normalized spacial score (nSPS) is 11.9. The number of aromatic nitrogens is 2. The quantitative estimate of drug-likeness (QED) is 0.557. The Bertz CT molecular complexity index is 824. The summed E-state index contributed by atoms with van der Waals surface area (Å²) in [5.41, 5.74) is 0.358. The molecule has 0 saturated carbocycles. The number of carbonyl (C=O) groups excluding carboxylic acids is 1. The lowest BCUT2D eigenvalue weighted by atomic mass is 10.1. The molecule has 0 saturated heterocycles. The highest BCUT2D eigenvalue weighted by Gasteiger charge is 2.16. The molecule has 0 radical (unpaired) electrons. The molecule has 0 aliphatic heterocycles. The lowest BCUT2D eigenvalue weighted by Gasteiger charge is -2.20. The smallest absolute Gasteiger partial charge is 0.262 e. The van der Waals surface area contributed by atoms with Crippen LogP contribution in [0.25, 0.3) is 10.9 Å². The number of rotatable bonds is 7. The highest BCUT2D eigenvalue weighted by Crippen LogP contribution is 2.18. The fraction of sp³-hybridized carbons (Fsp3) is 0.526. The van der Waals surface area contributed by atoms with Gasteiger partial charge in [0.25, 0.3) is 5.56 Å². The molecule has 0 bridgehead atoms. The van der Waals surface area contributed by atoms with E-state index in [1.54, 1.807) is 10.6 Å². The number of nitrogens with zero attached hydrogens (tertiary/aromatic N) is 2.